The van der Waals surface area contributed by atoms with Crippen LogP contribution in [0.5, 0.6) is 0 Å². The van der Waals surface area contributed by atoms with Crippen molar-refractivity contribution in [1.82, 2.24) is 0 Å². The van der Waals surface area contributed by atoms with Gasteiger partial charge in [0.25, 0.3) is 0 Å². The number of hydrogen-bond acceptors (Lipinski definition) is 5. The Labute approximate surface area is 152 Å². The Balaban J connectivity index is 1.61. The van der Waals surface area contributed by atoms with Gasteiger partial charge in [0.1, 0.15) is 0 Å². The fourth-order valence-electron chi connectivity index (χ4n) is 8.69. The van der Waals surface area contributed by atoms with E-state index < -0.39 is 4.75 Å². The molecule has 7 rings (SSSR count). The fraction of sp³-hybridized carbons (Fsp3) is 0.800. The highest BCUT2D eigenvalue weighted by atomic mass is 32.2. The zero-order valence-electron chi connectivity index (χ0n) is 15.1. The van der Waals surface area contributed by atoms with Crippen molar-refractivity contribution in [2.75, 3.05) is 14.2 Å². The maximum atomic E-state index is 13.0. The molecule has 0 radical (unpaired) electrons. The maximum absolute atomic E-state index is 13.0. The zero-order chi connectivity index (χ0) is 17.5. The molecule has 5 bridgehead atoms. The van der Waals surface area contributed by atoms with Crippen molar-refractivity contribution in [3.8, 4) is 0 Å². The molecule has 1 aliphatic heterocycles. The third-order valence-electron chi connectivity index (χ3n) is 8.76. The molecule has 0 aromatic heterocycles. The van der Waals surface area contributed by atoms with E-state index in [-0.39, 0.29) is 16.7 Å². The monoisotopic (exact) mass is 360 g/mol. The quantitative estimate of drug-likeness (QED) is 0.709. The van der Waals surface area contributed by atoms with Crippen LogP contribution in [0, 0.1) is 47.3 Å². The molecule has 9 atom stereocenters. The standard InChI is InChI=1S/C20H24O4S/c1-19(2)15(17(21)23-3)16(18(22)24-4)20(25-19)13-7-5-8-10-9(6-7)14(20)12(10)11(8)13/h7-14H,5-6H2,1-4H3. The normalized spacial score (nSPS) is 54.6. The van der Waals surface area contributed by atoms with E-state index in [1.54, 1.807) is 0 Å². The molecule has 6 saturated carbocycles. The number of carbonyl (C=O) groups is 2. The first-order chi connectivity index (χ1) is 11.9. The number of thioether (sulfide) groups is 1. The van der Waals surface area contributed by atoms with Gasteiger partial charge in [0.15, 0.2) is 0 Å². The highest BCUT2D eigenvalue weighted by molar-refractivity contribution is 8.02. The van der Waals surface area contributed by atoms with Crippen molar-refractivity contribution < 1.29 is 19.1 Å². The summed E-state index contributed by atoms with van der Waals surface area (Å²) in [4.78, 5) is 25.7. The van der Waals surface area contributed by atoms with Gasteiger partial charge in [0, 0.05) is 4.75 Å². The SMILES string of the molecule is COC(=O)C1=C(C(=O)OC)C2(SC1(C)C)C1C3CC4C5C(C3)C2C5C41. The minimum absolute atomic E-state index is 0.204. The average molecular weight is 360 g/mol. The van der Waals surface area contributed by atoms with Crippen molar-refractivity contribution in [2.24, 2.45) is 47.3 Å². The summed E-state index contributed by atoms with van der Waals surface area (Å²) in [5.74, 6) is 5.39. The molecule has 1 heterocycles. The van der Waals surface area contributed by atoms with Gasteiger partial charge in [-0.1, -0.05) is 0 Å². The predicted molar refractivity (Wildman–Crippen MR) is 92.6 cm³/mol. The highest BCUT2D eigenvalue weighted by Gasteiger charge is 2.88. The lowest BCUT2D eigenvalue weighted by Crippen LogP contribution is -2.65. The summed E-state index contributed by atoms with van der Waals surface area (Å²) in [5.41, 5.74) is 1.24. The van der Waals surface area contributed by atoms with Crippen LogP contribution in [0.4, 0.5) is 0 Å². The molecular formula is C20H24O4S. The summed E-state index contributed by atoms with van der Waals surface area (Å²) < 4.78 is 9.74. The van der Waals surface area contributed by atoms with E-state index in [1.807, 2.05) is 11.8 Å². The van der Waals surface area contributed by atoms with Gasteiger partial charge >= 0.3 is 11.9 Å². The van der Waals surface area contributed by atoms with Crippen molar-refractivity contribution >= 4 is 23.7 Å². The molecule has 0 aromatic rings. The van der Waals surface area contributed by atoms with Crippen LogP contribution in [0.1, 0.15) is 26.7 Å². The molecule has 9 unspecified atom stereocenters. The van der Waals surface area contributed by atoms with E-state index in [1.165, 1.54) is 27.1 Å². The Morgan fingerprint density at radius 1 is 0.920 bits per heavy atom. The first kappa shape index (κ1) is 15.1. The largest absolute Gasteiger partial charge is 0.466 e. The van der Waals surface area contributed by atoms with Crippen LogP contribution in [-0.2, 0) is 19.1 Å². The molecule has 0 aromatic carbocycles. The number of esters is 2. The van der Waals surface area contributed by atoms with Gasteiger partial charge in [0.2, 0.25) is 0 Å². The molecular weight excluding hydrogens is 336 g/mol. The van der Waals surface area contributed by atoms with E-state index in [2.05, 4.69) is 13.8 Å². The van der Waals surface area contributed by atoms with Gasteiger partial charge in [-0.15, -0.1) is 11.8 Å². The van der Waals surface area contributed by atoms with Gasteiger partial charge in [-0.2, -0.15) is 0 Å². The lowest BCUT2D eigenvalue weighted by molar-refractivity contribution is -0.183. The Hall–Kier alpha value is -0.970. The van der Waals surface area contributed by atoms with Crippen LogP contribution in [0.25, 0.3) is 0 Å². The topological polar surface area (TPSA) is 52.6 Å². The second-order valence-electron chi connectivity index (χ2n) is 9.48. The minimum Gasteiger partial charge on any atom is -0.466 e. The number of methoxy groups -OCH3 is 2. The molecule has 25 heavy (non-hydrogen) atoms. The Morgan fingerprint density at radius 2 is 1.56 bits per heavy atom. The molecule has 0 saturated heterocycles. The van der Waals surface area contributed by atoms with Crippen LogP contribution >= 0.6 is 11.8 Å². The van der Waals surface area contributed by atoms with E-state index >= 15 is 0 Å². The lowest BCUT2D eigenvalue weighted by atomic mass is 9.38. The minimum atomic E-state index is -0.407. The molecule has 4 nitrogen and oxygen atoms in total. The van der Waals surface area contributed by atoms with Crippen molar-refractivity contribution in [1.29, 1.82) is 0 Å². The average Bonchev–Trinajstić information content (AvgIpc) is 2.86. The molecule has 7 aliphatic rings. The predicted octanol–water partition coefficient (Wildman–Crippen LogP) is 2.67. The van der Waals surface area contributed by atoms with E-state index in [0.29, 0.717) is 23.0 Å². The van der Waals surface area contributed by atoms with Crippen LogP contribution in [0.3, 0.4) is 0 Å². The Bertz CT molecular complexity index is 764. The van der Waals surface area contributed by atoms with Crippen LogP contribution < -0.4 is 0 Å². The first-order valence-electron chi connectivity index (χ1n) is 9.50. The third-order valence-corrected chi connectivity index (χ3v) is 10.6. The van der Waals surface area contributed by atoms with Gasteiger partial charge in [-0.05, 0) is 74.0 Å². The Kier molecular flexibility index (Phi) is 2.50. The van der Waals surface area contributed by atoms with Gasteiger partial charge in [-0.25, -0.2) is 9.59 Å². The third kappa shape index (κ3) is 1.28. The van der Waals surface area contributed by atoms with Crippen molar-refractivity contribution in [3.63, 3.8) is 0 Å². The summed E-state index contributed by atoms with van der Waals surface area (Å²) >= 11 is 1.89. The van der Waals surface area contributed by atoms with Gasteiger partial charge < -0.3 is 9.47 Å². The van der Waals surface area contributed by atoms with Crippen LogP contribution in [0.2, 0.25) is 0 Å². The number of rotatable bonds is 2. The lowest BCUT2D eigenvalue weighted by Gasteiger charge is -2.68. The van der Waals surface area contributed by atoms with Crippen molar-refractivity contribution in [3.05, 3.63) is 11.1 Å². The molecule has 0 amide bonds. The summed E-state index contributed by atoms with van der Waals surface area (Å²) in [6.07, 6.45) is 2.71. The summed E-state index contributed by atoms with van der Waals surface area (Å²) in [5, 5.41) is 0. The fourth-order valence-corrected chi connectivity index (χ4v) is 11.1. The van der Waals surface area contributed by atoms with Crippen molar-refractivity contribution in [2.45, 2.75) is 36.2 Å². The molecule has 6 aliphatic carbocycles. The number of carbonyl (C=O) groups excluding carboxylic acids is 2. The highest BCUT2D eigenvalue weighted by Crippen LogP contribution is 2.90. The van der Waals surface area contributed by atoms with Gasteiger partial charge in [0.05, 0.1) is 30.1 Å². The maximum Gasteiger partial charge on any atom is 0.335 e. The zero-order valence-corrected chi connectivity index (χ0v) is 15.9. The second kappa shape index (κ2) is 4.13. The first-order valence-corrected chi connectivity index (χ1v) is 10.3. The Morgan fingerprint density at radius 3 is 2.24 bits per heavy atom. The molecule has 134 valence electrons. The van der Waals surface area contributed by atoms with E-state index in [9.17, 15) is 9.59 Å². The van der Waals surface area contributed by atoms with E-state index in [4.69, 9.17) is 9.47 Å². The second-order valence-corrected chi connectivity index (χ2v) is 11.4. The molecule has 1 spiro atoms. The number of ether oxygens (including phenoxy) is 2. The van der Waals surface area contributed by atoms with Crippen LogP contribution in [-0.4, -0.2) is 35.7 Å². The van der Waals surface area contributed by atoms with Gasteiger partial charge in [-0.3, -0.25) is 0 Å². The van der Waals surface area contributed by atoms with Crippen LogP contribution in [0.15, 0.2) is 11.1 Å². The molecule has 0 N–H and O–H groups in total. The molecule has 6 fully saturated rings. The summed E-state index contributed by atoms with van der Waals surface area (Å²) in [6.45, 7) is 4.16. The summed E-state index contributed by atoms with van der Waals surface area (Å²) in [7, 11) is 2.86. The molecule has 5 heteroatoms. The smallest absolute Gasteiger partial charge is 0.335 e. The van der Waals surface area contributed by atoms with E-state index in [0.717, 1.165) is 35.5 Å². The summed E-state index contributed by atoms with van der Waals surface area (Å²) in [6, 6.07) is 0. The number of hydrogen-bond donors (Lipinski definition) is 0.